The maximum absolute atomic E-state index is 12.9. The number of H-pyrrole nitrogens is 1. The SMILES string of the molecule is Cc1sc2[nH]c(=S)n([C@H]3C[C@@H]3Cc3ccccc3)c(=O)c2c1C. The van der Waals surface area contributed by atoms with Crippen molar-refractivity contribution in [1.82, 2.24) is 9.55 Å². The summed E-state index contributed by atoms with van der Waals surface area (Å²) < 4.78 is 2.37. The molecular weight excluding hydrogens is 324 g/mol. The molecule has 2 atom stereocenters. The fourth-order valence-electron chi connectivity index (χ4n) is 3.33. The van der Waals surface area contributed by atoms with Crippen LogP contribution in [-0.2, 0) is 6.42 Å². The van der Waals surface area contributed by atoms with Gasteiger partial charge in [-0.25, -0.2) is 0 Å². The van der Waals surface area contributed by atoms with Crippen LogP contribution in [0.5, 0.6) is 0 Å². The van der Waals surface area contributed by atoms with Crippen LogP contribution in [-0.4, -0.2) is 9.55 Å². The molecule has 0 bridgehead atoms. The lowest BCUT2D eigenvalue weighted by Gasteiger charge is -2.07. The van der Waals surface area contributed by atoms with Crippen LogP contribution in [0.2, 0.25) is 0 Å². The Morgan fingerprint density at radius 2 is 2.04 bits per heavy atom. The molecule has 1 aliphatic rings. The number of rotatable bonds is 3. The topological polar surface area (TPSA) is 37.8 Å². The van der Waals surface area contributed by atoms with Crippen molar-refractivity contribution < 1.29 is 0 Å². The first-order valence-electron chi connectivity index (χ1n) is 7.84. The van der Waals surface area contributed by atoms with Gasteiger partial charge >= 0.3 is 0 Å². The zero-order valence-electron chi connectivity index (χ0n) is 13.1. The third-order valence-corrected chi connectivity index (χ3v) is 6.24. The summed E-state index contributed by atoms with van der Waals surface area (Å²) in [5.74, 6) is 0.502. The Bertz CT molecular complexity index is 998. The normalized spacial score (nSPS) is 20.1. The molecule has 0 unspecified atom stereocenters. The molecule has 0 saturated heterocycles. The second kappa shape index (κ2) is 5.42. The lowest BCUT2D eigenvalue weighted by atomic mass is 10.1. The lowest BCUT2D eigenvalue weighted by molar-refractivity contribution is 0.618. The van der Waals surface area contributed by atoms with Gasteiger partial charge in [-0.15, -0.1) is 11.3 Å². The number of nitrogens with one attached hydrogen (secondary N) is 1. The van der Waals surface area contributed by atoms with Gasteiger partial charge < -0.3 is 4.98 Å². The number of nitrogens with zero attached hydrogens (tertiary/aromatic N) is 1. The van der Waals surface area contributed by atoms with Crippen LogP contribution >= 0.6 is 23.6 Å². The number of aromatic nitrogens is 2. The molecular formula is C18H18N2OS2. The van der Waals surface area contributed by atoms with E-state index < -0.39 is 0 Å². The highest BCUT2D eigenvalue weighted by molar-refractivity contribution is 7.71. The third-order valence-electron chi connectivity index (χ3n) is 4.81. The summed E-state index contributed by atoms with van der Waals surface area (Å²) in [7, 11) is 0. The summed E-state index contributed by atoms with van der Waals surface area (Å²) in [6, 6.07) is 10.7. The first-order valence-corrected chi connectivity index (χ1v) is 9.07. The fourth-order valence-corrected chi connectivity index (χ4v) is 4.76. The molecule has 5 heteroatoms. The summed E-state index contributed by atoms with van der Waals surface area (Å²) in [6.45, 7) is 4.07. The second-order valence-electron chi connectivity index (χ2n) is 6.35. The highest BCUT2D eigenvalue weighted by atomic mass is 32.1. The molecule has 23 heavy (non-hydrogen) atoms. The van der Waals surface area contributed by atoms with Gasteiger partial charge in [-0.1, -0.05) is 30.3 Å². The zero-order valence-corrected chi connectivity index (χ0v) is 14.8. The summed E-state index contributed by atoms with van der Waals surface area (Å²) in [5.41, 5.74) is 2.48. The van der Waals surface area contributed by atoms with Crippen molar-refractivity contribution in [3.8, 4) is 0 Å². The maximum Gasteiger partial charge on any atom is 0.263 e. The number of aromatic amines is 1. The minimum atomic E-state index is 0.0751. The Labute approximate surface area is 143 Å². The van der Waals surface area contributed by atoms with Gasteiger partial charge in [-0.05, 0) is 56.0 Å². The van der Waals surface area contributed by atoms with Gasteiger partial charge in [-0.3, -0.25) is 9.36 Å². The molecule has 3 aromatic rings. The first-order chi connectivity index (χ1) is 11.1. The molecule has 118 valence electrons. The quantitative estimate of drug-likeness (QED) is 0.710. The first kappa shape index (κ1) is 14.8. The van der Waals surface area contributed by atoms with Crippen molar-refractivity contribution in [3.63, 3.8) is 0 Å². The summed E-state index contributed by atoms with van der Waals surface area (Å²) in [4.78, 5) is 18.3. The van der Waals surface area contributed by atoms with Gasteiger partial charge in [0.05, 0.1) is 5.39 Å². The number of hydrogen-bond acceptors (Lipinski definition) is 3. The van der Waals surface area contributed by atoms with E-state index >= 15 is 0 Å². The zero-order chi connectivity index (χ0) is 16.1. The molecule has 1 N–H and O–H groups in total. The molecule has 1 aliphatic carbocycles. The van der Waals surface area contributed by atoms with Gasteiger partial charge in [0.2, 0.25) is 0 Å². The Morgan fingerprint density at radius 3 is 2.78 bits per heavy atom. The molecule has 0 aliphatic heterocycles. The van der Waals surface area contributed by atoms with E-state index in [4.69, 9.17) is 12.2 Å². The number of thiophene rings is 1. The van der Waals surface area contributed by atoms with Crippen molar-refractivity contribution >= 4 is 33.8 Å². The van der Waals surface area contributed by atoms with E-state index in [0.29, 0.717) is 10.7 Å². The van der Waals surface area contributed by atoms with Crippen LogP contribution in [0.25, 0.3) is 10.2 Å². The monoisotopic (exact) mass is 342 g/mol. The predicted molar refractivity (Wildman–Crippen MR) is 98.0 cm³/mol. The highest BCUT2D eigenvalue weighted by Gasteiger charge is 2.40. The van der Waals surface area contributed by atoms with E-state index in [9.17, 15) is 4.79 Å². The third kappa shape index (κ3) is 2.48. The van der Waals surface area contributed by atoms with E-state index in [1.165, 1.54) is 10.4 Å². The van der Waals surface area contributed by atoms with Crippen molar-refractivity contribution in [1.29, 1.82) is 0 Å². The minimum Gasteiger partial charge on any atom is -0.323 e. The van der Waals surface area contributed by atoms with E-state index in [-0.39, 0.29) is 11.6 Å². The minimum absolute atomic E-state index is 0.0751. The lowest BCUT2D eigenvalue weighted by Crippen LogP contribution is -2.22. The Kier molecular flexibility index (Phi) is 3.50. The molecule has 0 amide bonds. The Hall–Kier alpha value is -1.72. The molecule has 2 aromatic heterocycles. The molecule has 0 radical (unpaired) electrons. The Balaban J connectivity index is 1.72. The average Bonchev–Trinajstić information content (AvgIpc) is 3.19. The molecule has 1 aromatic carbocycles. The van der Waals surface area contributed by atoms with Crippen LogP contribution in [0.1, 0.15) is 28.5 Å². The number of fused-ring (bicyclic) bond motifs is 1. The van der Waals surface area contributed by atoms with Crippen molar-refractivity contribution in [2.75, 3.05) is 0 Å². The summed E-state index contributed by atoms with van der Waals surface area (Å²) in [5, 5.41) is 0.812. The van der Waals surface area contributed by atoms with Crippen LogP contribution in [0.3, 0.4) is 0 Å². The molecule has 0 spiro atoms. The van der Waals surface area contributed by atoms with Crippen molar-refractivity contribution in [2.45, 2.75) is 32.7 Å². The fraction of sp³-hybridized carbons (Fsp3) is 0.333. The largest absolute Gasteiger partial charge is 0.323 e. The van der Waals surface area contributed by atoms with Crippen LogP contribution in [0, 0.1) is 24.5 Å². The van der Waals surface area contributed by atoms with Gasteiger partial charge in [-0.2, -0.15) is 0 Å². The second-order valence-corrected chi connectivity index (χ2v) is 7.96. The Morgan fingerprint density at radius 1 is 1.30 bits per heavy atom. The molecule has 4 rings (SSSR count). The summed E-state index contributed by atoms with van der Waals surface area (Å²) in [6.07, 6.45) is 2.03. The van der Waals surface area contributed by atoms with Gasteiger partial charge in [0.15, 0.2) is 4.77 Å². The smallest absolute Gasteiger partial charge is 0.263 e. The molecule has 1 fully saturated rings. The standard InChI is InChI=1S/C18H18N2OS2/c1-10-11(2)23-16-15(10)17(21)20(18(22)19-16)14-9-13(14)8-12-6-4-3-5-7-12/h3-7,13-14H,8-9H2,1-2H3,(H,19,22)/t13-,14-/m0/s1. The molecule has 2 heterocycles. The van der Waals surface area contributed by atoms with Crippen LogP contribution < -0.4 is 5.56 Å². The van der Waals surface area contributed by atoms with E-state index in [1.54, 1.807) is 11.3 Å². The van der Waals surface area contributed by atoms with Gasteiger partial charge in [0.25, 0.3) is 5.56 Å². The van der Waals surface area contributed by atoms with Crippen LogP contribution in [0.4, 0.5) is 0 Å². The van der Waals surface area contributed by atoms with Crippen LogP contribution in [0.15, 0.2) is 35.1 Å². The van der Waals surface area contributed by atoms with E-state index in [0.717, 1.165) is 28.6 Å². The molecule has 1 saturated carbocycles. The maximum atomic E-state index is 12.9. The van der Waals surface area contributed by atoms with Crippen molar-refractivity contribution in [2.24, 2.45) is 5.92 Å². The van der Waals surface area contributed by atoms with E-state index in [1.807, 2.05) is 17.6 Å². The molecule has 3 nitrogen and oxygen atoms in total. The van der Waals surface area contributed by atoms with Gasteiger partial charge in [0, 0.05) is 10.9 Å². The number of benzene rings is 1. The van der Waals surface area contributed by atoms with Crippen molar-refractivity contribution in [3.05, 3.63) is 61.5 Å². The predicted octanol–water partition coefficient (Wildman–Crippen LogP) is 4.54. The average molecular weight is 342 g/mol. The summed E-state index contributed by atoms with van der Waals surface area (Å²) >= 11 is 7.08. The van der Waals surface area contributed by atoms with Gasteiger partial charge in [0.1, 0.15) is 4.83 Å². The number of hydrogen-bond donors (Lipinski definition) is 1. The van der Waals surface area contributed by atoms with E-state index in [2.05, 4.69) is 36.2 Å². The number of aryl methyl sites for hydroxylation is 2. The highest BCUT2D eigenvalue weighted by Crippen LogP contribution is 2.45.